The van der Waals surface area contributed by atoms with Crippen LogP contribution in [0.1, 0.15) is 30.4 Å². The molecule has 1 N–H and O–H groups in total. The van der Waals surface area contributed by atoms with E-state index in [1.165, 1.54) is 12.0 Å². The van der Waals surface area contributed by atoms with E-state index >= 15 is 0 Å². The van der Waals surface area contributed by atoms with Gasteiger partial charge >= 0.3 is 0 Å². The summed E-state index contributed by atoms with van der Waals surface area (Å²) in [7, 11) is 3.37. The Hall–Kier alpha value is -2.53. The smallest absolute Gasteiger partial charge is 0.173 e. The third-order valence-electron chi connectivity index (χ3n) is 5.27. The Morgan fingerprint density at radius 3 is 2.55 bits per heavy atom. The number of anilines is 1. The molecule has 29 heavy (non-hydrogen) atoms. The first-order valence-electron chi connectivity index (χ1n) is 10.1. The van der Waals surface area contributed by atoms with Gasteiger partial charge in [0.2, 0.25) is 0 Å². The SMILES string of the molecule is COc1ccc(CN(CC2CC=CCC2)C(=S)Nc2ccc(C)cc2OC)cc1. The van der Waals surface area contributed by atoms with Gasteiger partial charge in [0.25, 0.3) is 0 Å². The Morgan fingerprint density at radius 1 is 1.10 bits per heavy atom. The number of ether oxygens (including phenoxy) is 2. The minimum Gasteiger partial charge on any atom is -0.497 e. The van der Waals surface area contributed by atoms with Crippen molar-refractivity contribution in [2.75, 3.05) is 26.1 Å². The second-order valence-electron chi connectivity index (χ2n) is 7.51. The molecular formula is C24H30N2O2S. The molecular weight excluding hydrogens is 380 g/mol. The van der Waals surface area contributed by atoms with E-state index < -0.39 is 0 Å². The lowest BCUT2D eigenvalue weighted by atomic mass is 9.94. The second-order valence-corrected chi connectivity index (χ2v) is 7.90. The molecule has 2 aromatic rings. The van der Waals surface area contributed by atoms with Crippen molar-refractivity contribution >= 4 is 23.0 Å². The van der Waals surface area contributed by atoms with Crippen LogP contribution in [-0.2, 0) is 6.54 Å². The van der Waals surface area contributed by atoms with Crippen LogP contribution in [-0.4, -0.2) is 30.8 Å². The van der Waals surface area contributed by atoms with Crippen LogP contribution in [0.5, 0.6) is 11.5 Å². The number of hydrogen-bond acceptors (Lipinski definition) is 3. The highest BCUT2D eigenvalue weighted by Crippen LogP contribution is 2.27. The fraction of sp³-hybridized carbons (Fsp3) is 0.375. The fourth-order valence-corrected chi connectivity index (χ4v) is 3.85. The van der Waals surface area contributed by atoms with Crippen molar-refractivity contribution in [3.63, 3.8) is 0 Å². The van der Waals surface area contributed by atoms with Crippen molar-refractivity contribution in [3.8, 4) is 11.5 Å². The molecule has 0 amide bonds. The first kappa shape index (κ1) is 21.2. The molecule has 0 bridgehead atoms. The molecule has 1 aliphatic carbocycles. The summed E-state index contributed by atoms with van der Waals surface area (Å²) < 4.78 is 10.8. The summed E-state index contributed by atoms with van der Waals surface area (Å²) in [5.74, 6) is 2.28. The van der Waals surface area contributed by atoms with Crippen LogP contribution in [0.2, 0.25) is 0 Å². The Kier molecular flexibility index (Phi) is 7.53. The number of benzene rings is 2. The van der Waals surface area contributed by atoms with Crippen molar-refractivity contribution in [2.24, 2.45) is 5.92 Å². The standard InChI is InChI=1S/C24H30N2O2S/c1-18-9-14-22(23(15-18)28-3)25-24(29)26(16-19-7-5-4-6-8-19)17-20-10-12-21(27-2)13-11-20/h4-5,9-15,19H,6-8,16-17H2,1-3H3,(H,25,29). The Morgan fingerprint density at radius 2 is 1.90 bits per heavy atom. The maximum absolute atomic E-state index is 5.83. The van der Waals surface area contributed by atoms with Crippen molar-refractivity contribution in [1.82, 2.24) is 4.90 Å². The fourth-order valence-electron chi connectivity index (χ4n) is 3.60. The van der Waals surface area contributed by atoms with Crippen molar-refractivity contribution < 1.29 is 9.47 Å². The number of hydrogen-bond donors (Lipinski definition) is 1. The lowest BCUT2D eigenvalue weighted by Crippen LogP contribution is -2.38. The Balaban J connectivity index is 1.76. The number of aryl methyl sites for hydroxylation is 1. The summed E-state index contributed by atoms with van der Waals surface area (Å²) in [5, 5.41) is 4.13. The molecule has 0 fully saturated rings. The Labute approximate surface area is 179 Å². The number of nitrogens with zero attached hydrogens (tertiary/aromatic N) is 1. The minimum atomic E-state index is 0.609. The summed E-state index contributed by atoms with van der Waals surface area (Å²) in [5.41, 5.74) is 3.26. The van der Waals surface area contributed by atoms with Gasteiger partial charge in [-0.1, -0.05) is 30.4 Å². The van der Waals surface area contributed by atoms with E-state index in [0.717, 1.165) is 53.8 Å². The molecule has 0 aromatic heterocycles. The second kappa shape index (κ2) is 10.3. The van der Waals surface area contributed by atoms with Gasteiger partial charge in [0.1, 0.15) is 11.5 Å². The number of thiocarbonyl (C=S) groups is 1. The molecule has 5 heteroatoms. The first-order valence-corrected chi connectivity index (χ1v) is 10.5. The van der Waals surface area contributed by atoms with Crippen LogP contribution in [0.15, 0.2) is 54.6 Å². The van der Waals surface area contributed by atoms with E-state index in [0.29, 0.717) is 5.92 Å². The number of rotatable bonds is 7. The van der Waals surface area contributed by atoms with E-state index in [1.807, 2.05) is 24.3 Å². The molecule has 0 spiro atoms. The van der Waals surface area contributed by atoms with Crippen LogP contribution < -0.4 is 14.8 Å². The summed E-state index contributed by atoms with van der Waals surface area (Å²) in [4.78, 5) is 2.26. The molecule has 154 valence electrons. The third kappa shape index (κ3) is 5.97. The molecule has 3 rings (SSSR count). The van der Waals surface area contributed by atoms with Crippen LogP contribution >= 0.6 is 12.2 Å². The van der Waals surface area contributed by atoms with E-state index in [4.69, 9.17) is 21.7 Å². The van der Waals surface area contributed by atoms with Gasteiger partial charge in [-0.15, -0.1) is 0 Å². The Bertz CT molecular complexity index is 848. The molecule has 4 nitrogen and oxygen atoms in total. The molecule has 0 saturated heterocycles. The maximum atomic E-state index is 5.83. The molecule has 2 aromatic carbocycles. The molecule has 0 aliphatic heterocycles. The largest absolute Gasteiger partial charge is 0.497 e. The van der Waals surface area contributed by atoms with Crippen LogP contribution in [0.4, 0.5) is 5.69 Å². The highest BCUT2D eigenvalue weighted by Gasteiger charge is 2.19. The van der Waals surface area contributed by atoms with E-state index in [9.17, 15) is 0 Å². The van der Waals surface area contributed by atoms with E-state index in [2.05, 4.69) is 47.5 Å². The van der Waals surface area contributed by atoms with Gasteiger partial charge in [-0.05, 0) is 79.7 Å². The molecule has 0 saturated carbocycles. The zero-order chi connectivity index (χ0) is 20.6. The van der Waals surface area contributed by atoms with Gasteiger partial charge in [-0.25, -0.2) is 0 Å². The van der Waals surface area contributed by atoms with E-state index in [1.54, 1.807) is 14.2 Å². The summed E-state index contributed by atoms with van der Waals surface area (Å²) >= 11 is 5.83. The predicted molar refractivity (Wildman–Crippen MR) is 124 cm³/mol. The zero-order valence-corrected chi connectivity index (χ0v) is 18.3. The molecule has 1 aliphatic rings. The zero-order valence-electron chi connectivity index (χ0n) is 17.5. The van der Waals surface area contributed by atoms with E-state index in [-0.39, 0.29) is 0 Å². The van der Waals surface area contributed by atoms with Gasteiger partial charge in [0, 0.05) is 13.1 Å². The number of nitrogens with one attached hydrogen (secondary N) is 1. The number of methoxy groups -OCH3 is 2. The van der Waals surface area contributed by atoms with Gasteiger partial charge in [-0.2, -0.15) is 0 Å². The lowest BCUT2D eigenvalue weighted by Gasteiger charge is -2.31. The summed E-state index contributed by atoms with van der Waals surface area (Å²) in [6.07, 6.45) is 8.02. The average molecular weight is 411 g/mol. The normalized spacial score (nSPS) is 15.6. The van der Waals surface area contributed by atoms with Crippen LogP contribution in [0.3, 0.4) is 0 Å². The maximum Gasteiger partial charge on any atom is 0.173 e. The summed E-state index contributed by atoms with van der Waals surface area (Å²) in [6.45, 7) is 3.73. The third-order valence-corrected chi connectivity index (χ3v) is 5.63. The lowest BCUT2D eigenvalue weighted by molar-refractivity contribution is 0.319. The van der Waals surface area contributed by atoms with Crippen molar-refractivity contribution in [2.45, 2.75) is 32.7 Å². The molecule has 1 unspecified atom stereocenters. The summed E-state index contributed by atoms with van der Waals surface area (Å²) in [6, 6.07) is 14.3. The topological polar surface area (TPSA) is 33.7 Å². The van der Waals surface area contributed by atoms with Crippen molar-refractivity contribution in [3.05, 3.63) is 65.7 Å². The van der Waals surface area contributed by atoms with Gasteiger partial charge in [-0.3, -0.25) is 0 Å². The van der Waals surface area contributed by atoms with Crippen LogP contribution in [0.25, 0.3) is 0 Å². The number of allylic oxidation sites excluding steroid dienone is 2. The van der Waals surface area contributed by atoms with Gasteiger partial charge < -0.3 is 19.7 Å². The van der Waals surface area contributed by atoms with Gasteiger partial charge in [0.15, 0.2) is 5.11 Å². The molecule has 0 radical (unpaired) electrons. The highest BCUT2D eigenvalue weighted by molar-refractivity contribution is 7.80. The minimum absolute atomic E-state index is 0.609. The molecule has 1 atom stereocenters. The van der Waals surface area contributed by atoms with Gasteiger partial charge in [0.05, 0.1) is 19.9 Å². The molecule has 0 heterocycles. The van der Waals surface area contributed by atoms with Crippen LogP contribution in [0, 0.1) is 12.8 Å². The monoisotopic (exact) mass is 410 g/mol. The average Bonchev–Trinajstić information content (AvgIpc) is 2.75. The predicted octanol–water partition coefficient (Wildman–Crippen LogP) is 5.57. The quantitative estimate of drug-likeness (QED) is 0.477. The highest BCUT2D eigenvalue weighted by atomic mass is 32.1. The first-order chi connectivity index (χ1) is 14.1. The van der Waals surface area contributed by atoms with Crippen molar-refractivity contribution in [1.29, 1.82) is 0 Å².